The van der Waals surface area contributed by atoms with Crippen LogP contribution in [0.15, 0.2) is 0 Å². The zero-order chi connectivity index (χ0) is 11.6. The van der Waals surface area contributed by atoms with Crippen molar-refractivity contribution in [1.29, 1.82) is 0 Å². The number of amides is 1. The van der Waals surface area contributed by atoms with E-state index in [1.54, 1.807) is 11.3 Å². The number of hydrogen-bond donors (Lipinski definition) is 1. The van der Waals surface area contributed by atoms with E-state index in [0.717, 1.165) is 10.7 Å². The van der Waals surface area contributed by atoms with Gasteiger partial charge in [0.05, 0.1) is 16.6 Å². The molecule has 0 aliphatic heterocycles. The Morgan fingerprint density at radius 1 is 1.53 bits per heavy atom. The Kier molecular flexibility index (Phi) is 3.89. The van der Waals surface area contributed by atoms with E-state index in [1.165, 1.54) is 4.88 Å². The van der Waals surface area contributed by atoms with Crippen LogP contribution in [0.4, 0.5) is 0 Å². The van der Waals surface area contributed by atoms with Gasteiger partial charge in [0.15, 0.2) is 0 Å². The molecule has 3 nitrogen and oxygen atoms in total. The van der Waals surface area contributed by atoms with Crippen molar-refractivity contribution in [2.24, 2.45) is 0 Å². The summed E-state index contributed by atoms with van der Waals surface area (Å²) in [6, 6.07) is 0. The minimum absolute atomic E-state index is 0.0204. The molecule has 1 N–H and O–H groups in total. The molecule has 0 radical (unpaired) electrons. The second-order valence-electron chi connectivity index (χ2n) is 3.90. The molecule has 0 bridgehead atoms. The van der Waals surface area contributed by atoms with Crippen LogP contribution in [0.1, 0.15) is 29.4 Å². The van der Waals surface area contributed by atoms with Crippen molar-refractivity contribution in [3.63, 3.8) is 0 Å². The van der Waals surface area contributed by atoms with Gasteiger partial charge in [0, 0.05) is 4.88 Å². The van der Waals surface area contributed by atoms with E-state index in [4.69, 9.17) is 0 Å². The highest BCUT2D eigenvalue weighted by Gasteiger charge is 2.23. The number of carbonyl (C=O) groups excluding carboxylic acids is 1. The summed E-state index contributed by atoms with van der Waals surface area (Å²) < 4.78 is -0.519. The molecule has 1 aromatic rings. The second-order valence-corrected chi connectivity index (χ2v) is 7.17. The van der Waals surface area contributed by atoms with Gasteiger partial charge in [-0.05, 0) is 27.7 Å². The SMILES string of the molecule is Cc1nc(CNC(=O)C(C)(C)Br)sc1C. The number of aryl methyl sites for hydroxylation is 2. The molecular weight excluding hydrogens is 276 g/mol. The van der Waals surface area contributed by atoms with Gasteiger partial charge in [-0.3, -0.25) is 4.79 Å². The minimum Gasteiger partial charge on any atom is -0.348 e. The van der Waals surface area contributed by atoms with Crippen molar-refractivity contribution < 1.29 is 4.79 Å². The predicted octanol–water partition coefficient (Wildman–Crippen LogP) is 2.55. The maximum Gasteiger partial charge on any atom is 0.236 e. The number of alkyl halides is 1. The lowest BCUT2D eigenvalue weighted by molar-refractivity contribution is -0.122. The van der Waals surface area contributed by atoms with Gasteiger partial charge in [0.25, 0.3) is 0 Å². The number of halogens is 1. The minimum atomic E-state index is -0.519. The Morgan fingerprint density at radius 2 is 2.13 bits per heavy atom. The number of rotatable bonds is 3. The highest BCUT2D eigenvalue weighted by atomic mass is 79.9. The molecule has 1 aromatic heterocycles. The summed E-state index contributed by atoms with van der Waals surface area (Å²) in [5, 5.41) is 3.80. The first-order valence-electron chi connectivity index (χ1n) is 4.71. The van der Waals surface area contributed by atoms with Crippen molar-refractivity contribution in [1.82, 2.24) is 10.3 Å². The smallest absolute Gasteiger partial charge is 0.236 e. The normalized spacial score (nSPS) is 11.5. The molecule has 1 amide bonds. The number of carbonyl (C=O) groups is 1. The first kappa shape index (κ1) is 12.6. The van der Waals surface area contributed by atoms with Gasteiger partial charge >= 0.3 is 0 Å². The Morgan fingerprint density at radius 3 is 2.53 bits per heavy atom. The van der Waals surface area contributed by atoms with Crippen molar-refractivity contribution in [2.45, 2.75) is 38.6 Å². The van der Waals surface area contributed by atoms with Crippen LogP contribution in [0.25, 0.3) is 0 Å². The van der Waals surface area contributed by atoms with E-state index in [-0.39, 0.29) is 5.91 Å². The molecule has 15 heavy (non-hydrogen) atoms. The third-order valence-electron chi connectivity index (χ3n) is 2.01. The third-order valence-corrected chi connectivity index (χ3v) is 3.45. The zero-order valence-electron chi connectivity index (χ0n) is 9.35. The molecule has 0 aliphatic rings. The molecular formula is C10H15BrN2OS. The van der Waals surface area contributed by atoms with E-state index in [9.17, 15) is 4.79 Å². The van der Waals surface area contributed by atoms with Gasteiger partial charge in [0.2, 0.25) is 5.91 Å². The van der Waals surface area contributed by atoms with Crippen LogP contribution in [-0.4, -0.2) is 15.2 Å². The summed E-state index contributed by atoms with van der Waals surface area (Å²) in [5.74, 6) is -0.0204. The molecule has 1 rings (SSSR count). The summed E-state index contributed by atoms with van der Waals surface area (Å²) in [5.41, 5.74) is 1.04. The van der Waals surface area contributed by atoms with Gasteiger partial charge in [-0.1, -0.05) is 15.9 Å². The summed E-state index contributed by atoms with van der Waals surface area (Å²) in [7, 11) is 0. The lowest BCUT2D eigenvalue weighted by atomic mass is 10.2. The maximum atomic E-state index is 11.5. The van der Waals surface area contributed by atoms with Crippen LogP contribution in [0.2, 0.25) is 0 Å². The average Bonchev–Trinajstić information content (AvgIpc) is 2.41. The molecule has 5 heteroatoms. The molecule has 0 spiro atoms. The number of hydrogen-bond acceptors (Lipinski definition) is 3. The zero-order valence-corrected chi connectivity index (χ0v) is 11.8. The number of nitrogens with one attached hydrogen (secondary N) is 1. The average molecular weight is 291 g/mol. The molecule has 0 aromatic carbocycles. The van der Waals surface area contributed by atoms with Gasteiger partial charge < -0.3 is 5.32 Å². The van der Waals surface area contributed by atoms with E-state index >= 15 is 0 Å². The van der Waals surface area contributed by atoms with Crippen LogP contribution in [-0.2, 0) is 11.3 Å². The topological polar surface area (TPSA) is 42.0 Å². The lowest BCUT2D eigenvalue weighted by Gasteiger charge is -2.14. The van der Waals surface area contributed by atoms with Gasteiger partial charge in [-0.2, -0.15) is 0 Å². The van der Waals surface area contributed by atoms with E-state index < -0.39 is 4.32 Å². The molecule has 0 aliphatic carbocycles. The fraction of sp³-hybridized carbons (Fsp3) is 0.600. The highest BCUT2D eigenvalue weighted by Crippen LogP contribution is 2.18. The highest BCUT2D eigenvalue weighted by molar-refractivity contribution is 9.10. The standard InChI is InChI=1S/C10H15BrN2OS/c1-6-7(2)15-8(13-6)5-12-9(14)10(3,4)11/h5H2,1-4H3,(H,12,14). The predicted molar refractivity (Wildman–Crippen MR) is 66.4 cm³/mol. The molecule has 0 saturated carbocycles. The fourth-order valence-corrected chi connectivity index (χ4v) is 1.99. The van der Waals surface area contributed by atoms with Crippen LogP contribution in [0.5, 0.6) is 0 Å². The number of aromatic nitrogens is 1. The monoisotopic (exact) mass is 290 g/mol. The van der Waals surface area contributed by atoms with Crippen LogP contribution in [0.3, 0.4) is 0 Å². The first-order valence-corrected chi connectivity index (χ1v) is 6.32. The summed E-state index contributed by atoms with van der Waals surface area (Å²) in [6.45, 7) is 8.16. The largest absolute Gasteiger partial charge is 0.348 e. The Hall–Kier alpha value is -0.420. The van der Waals surface area contributed by atoms with E-state index in [2.05, 4.69) is 26.2 Å². The molecule has 0 atom stereocenters. The van der Waals surface area contributed by atoms with Crippen molar-refractivity contribution in [3.8, 4) is 0 Å². The van der Waals surface area contributed by atoms with Gasteiger partial charge in [0.1, 0.15) is 5.01 Å². The lowest BCUT2D eigenvalue weighted by Crippen LogP contribution is -2.36. The first-order chi connectivity index (χ1) is 6.80. The van der Waals surface area contributed by atoms with Crippen molar-refractivity contribution in [2.75, 3.05) is 0 Å². The summed E-state index contributed by atoms with van der Waals surface area (Å²) >= 11 is 4.93. The van der Waals surface area contributed by atoms with Crippen molar-refractivity contribution in [3.05, 3.63) is 15.6 Å². The molecule has 0 fully saturated rings. The number of nitrogens with zero attached hydrogens (tertiary/aromatic N) is 1. The summed E-state index contributed by atoms with van der Waals surface area (Å²) in [6.07, 6.45) is 0. The third kappa shape index (κ3) is 3.57. The van der Waals surface area contributed by atoms with Crippen LogP contribution < -0.4 is 5.32 Å². The Balaban J connectivity index is 2.55. The van der Waals surface area contributed by atoms with E-state index in [0.29, 0.717) is 6.54 Å². The quantitative estimate of drug-likeness (QED) is 0.870. The Bertz CT molecular complexity index is 348. The second kappa shape index (κ2) is 4.61. The fourth-order valence-electron chi connectivity index (χ4n) is 0.981. The molecule has 0 unspecified atom stereocenters. The number of thiazole rings is 1. The molecule has 84 valence electrons. The van der Waals surface area contributed by atoms with Crippen LogP contribution >= 0.6 is 27.3 Å². The van der Waals surface area contributed by atoms with Crippen molar-refractivity contribution >= 4 is 33.2 Å². The summed E-state index contributed by atoms with van der Waals surface area (Å²) in [4.78, 5) is 17.1. The van der Waals surface area contributed by atoms with Gasteiger partial charge in [-0.25, -0.2) is 4.98 Å². The van der Waals surface area contributed by atoms with Crippen LogP contribution in [0, 0.1) is 13.8 Å². The molecule has 0 saturated heterocycles. The Labute approximate surface area is 102 Å². The van der Waals surface area contributed by atoms with Gasteiger partial charge in [-0.15, -0.1) is 11.3 Å². The maximum absolute atomic E-state index is 11.5. The van der Waals surface area contributed by atoms with E-state index in [1.807, 2.05) is 27.7 Å². The molecule has 1 heterocycles.